The minimum absolute atomic E-state index is 0.0853. The molecule has 19 heavy (non-hydrogen) atoms. The van der Waals surface area contributed by atoms with E-state index in [1.807, 2.05) is 18.7 Å². The van der Waals surface area contributed by atoms with Gasteiger partial charge in [0.25, 0.3) is 0 Å². The van der Waals surface area contributed by atoms with Crippen LogP contribution in [0.2, 0.25) is 0 Å². The second-order valence-corrected chi connectivity index (χ2v) is 4.26. The first-order valence-electron chi connectivity index (χ1n) is 6.03. The molecule has 0 fully saturated rings. The van der Waals surface area contributed by atoms with Gasteiger partial charge in [-0.3, -0.25) is 0 Å². The van der Waals surface area contributed by atoms with Gasteiger partial charge in [0, 0.05) is 19.0 Å². The number of aromatic amines is 1. The molecule has 0 saturated heterocycles. The molecule has 0 aliphatic heterocycles. The Morgan fingerprint density at radius 3 is 3.00 bits per heavy atom. The number of rotatable bonds is 5. The van der Waals surface area contributed by atoms with E-state index in [9.17, 15) is 0 Å². The minimum atomic E-state index is -0.0853. The predicted octanol–water partition coefficient (Wildman–Crippen LogP) is 0.562. The number of oxime groups is 1. The Balaban J connectivity index is 2.29. The lowest BCUT2D eigenvalue weighted by Crippen LogP contribution is -2.35. The molecule has 0 aliphatic rings. The van der Waals surface area contributed by atoms with E-state index in [1.54, 1.807) is 6.33 Å². The molecule has 8 nitrogen and oxygen atoms in total. The van der Waals surface area contributed by atoms with Crippen LogP contribution in [0.4, 0.5) is 5.82 Å². The van der Waals surface area contributed by atoms with Crippen molar-refractivity contribution in [1.29, 1.82) is 0 Å². The number of hydrogen-bond acceptors (Lipinski definition) is 6. The molecule has 1 unspecified atom stereocenters. The molecule has 2 aromatic rings. The van der Waals surface area contributed by atoms with Gasteiger partial charge in [-0.05, 0) is 6.92 Å². The molecule has 0 aromatic carbocycles. The Labute approximate surface area is 110 Å². The van der Waals surface area contributed by atoms with Gasteiger partial charge in [0.1, 0.15) is 17.7 Å². The van der Waals surface area contributed by atoms with Gasteiger partial charge in [0.2, 0.25) is 0 Å². The number of anilines is 1. The van der Waals surface area contributed by atoms with Crippen molar-refractivity contribution in [3.05, 3.63) is 12.7 Å². The summed E-state index contributed by atoms with van der Waals surface area (Å²) in [5.41, 5.74) is 7.02. The summed E-state index contributed by atoms with van der Waals surface area (Å²) >= 11 is 0. The summed E-state index contributed by atoms with van der Waals surface area (Å²) < 4.78 is 0. The average molecular weight is 263 g/mol. The molecule has 0 saturated carbocycles. The number of H-pyrrole nitrogens is 1. The van der Waals surface area contributed by atoms with Crippen LogP contribution in [0.25, 0.3) is 11.2 Å². The van der Waals surface area contributed by atoms with Crippen LogP contribution in [-0.2, 0) is 0 Å². The van der Waals surface area contributed by atoms with Crippen LogP contribution in [-0.4, -0.2) is 44.1 Å². The molecule has 1 atom stereocenters. The summed E-state index contributed by atoms with van der Waals surface area (Å²) in [5.74, 6) is 0.883. The van der Waals surface area contributed by atoms with Crippen molar-refractivity contribution >= 4 is 22.8 Å². The van der Waals surface area contributed by atoms with Crippen molar-refractivity contribution in [2.24, 2.45) is 16.8 Å². The average Bonchev–Trinajstić information content (AvgIpc) is 2.91. The standard InChI is InChI=1S/C11H17N7O/c1-3-18(4-7(2)9(12)17-19)11-8-10(14-5-13-8)15-6-16-11/h5-7,19H,3-4H2,1-2H3,(H2,12,17)(H,13,14,15,16). The van der Waals surface area contributed by atoms with E-state index >= 15 is 0 Å². The molecule has 8 heteroatoms. The highest BCUT2D eigenvalue weighted by atomic mass is 16.4. The molecular formula is C11H17N7O. The summed E-state index contributed by atoms with van der Waals surface area (Å²) in [4.78, 5) is 17.5. The van der Waals surface area contributed by atoms with E-state index in [-0.39, 0.29) is 11.8 Å². The van der Waals surface area contributed by atoms with E-state index < -0.39 is 0 Å². The van der Waals surface area contributed by atoms with Crippen molar-refractivity contribution in [2.45, 2.75) is 13.8 Å². The fraction of sp³-hybridized carbons (Fsp3) is 0.455. The van der Waals surface area contributed by atoms with Crippen molar-refractivity contribution in [3.8, 4) is 0 Å². The van der Waals surface area contributed by atoms with Gasteiger partial charge in [-0.25, -0.2) is 15.0 Å². The van der Waals surface area contributed by atoms with Crippen molar-refractivity contribution in [2.75, 3.05) is 18.0 Å². The van der Waals surface area contributed by atoms with E-state index in [0.717, 1.165) is 17.9 Å². The summed E-state index contributed by atoms with van der Waals surface area (Å²) in [7, 11) is 0. The van der Waals surface area contributed by atoms with Crippen LogP contribution in [0.1, 0.15) is 13.8 Å². The Kier molecular flexibility index (Phi) is 3.79. The summed E-state index contributed by atoms with van der Waals surface area (Å²) in [6.45, 7) is 5.25. The lowest BCUT2D eigenvalue weighted by molar-refractivity contribution is 0.314. The molecule has 2 rings (SSSR count). The van der Waals surface area contributed by atoms with E-state index in [2.05, 4.69) is 25.1 Å². The molecule has 2 heterocycles. The second kappa shape index (κ2) is 5.51. The Bertz CT molecular complexity index is 579. The number of nitrogens with one attached hydrogen (secondary N) is 1. The van der Waals surface area contributed by atoms with Crippen LogP contribution in [0.15, 0.2) is 17.8 Å². The number of fused-ring (bicyclic) bond motifs is 1. The highest BCUT2D eigenvalue weighted by molar-refractivity contribution is 5.84. The number of nitrogens with two attached hydrogens (primary N) is 1. The van der Waals surface area contributed by atoms with Gasteiger partial charge in [-0.1, -0.05) is 12.1 Å². The largest absolute Gasteiger partial charge is 0.409 e. The zero-order valence-electron chi connectivity index (χ0n) is 10.9. The fourth-order valence-corrected chi connectivity index (χ4v) is 1.88. The summed E-state index contributed by atoms with van der Waals surface area (Å²) in [6.07, 6.45) is 3.07. The highest BCUT2D eigenvalue weighted by Gasteiger charge is 2.17. The zero-order chi connectivity index (χ0) is 13.8. The smallest absolute Gasteiger partial charge is 0.182 e. The predicted molar refractivity (Wildman–Crippen MR) is 72.1 cm³/mol. The van der Waals surface area contributed by atoms with Crippen molar-refractivity contribution in [1.82, 2.24) is 19.9 Å². The maximum absolute atomic E-state index is 8.70. The number of nitrogens with zero attached hydrogens (tertiary/aromatic N) is 5. The third-order valence-corrected chi connectivity index (χ3v) is 3.00. The molecule has 0 bridgehead atoms. The Hall–Kier alpha value is -2.38. The molecule has 0 amide bonds. The molecule has 4 N–H and O–H groups in total. The Morgan fingerprint density at radius 2 is 2.32 bits per heavy atom. The SMILES string of the molecule is CCN(CC(C)C(N)=NO)c1ncnc2nc[nH]c12. The molecule has 0 radical (unpaired) electrons. The van der Waals surface area contributed by atoms with E-state index in [0.29, 0.717) is 12.2 Å². The van der Waals surface area contributed by atoms with Crippen LogP contribution < -0.4 is 10.6 Å². The third kappa shape index (κ3) is 2.56. The lowest BCUT2D eigenvalue weighted by atomic mass is 10.1. The maximum Gasteiger partial charge on any atom is 0.182 e. The highest BCUT2D eigenvalue weighted by Crippen LogP contribution is 2.20. The third-order valence-electron chi connectivity index (χ3n) is 3.00. The normalized spacial score (nSPS) is 13.7. The first-order valence-corrected chi connectivity index (χ1v) is 6.03. The Morgan fingerprint density at radius 1 is 1.53 bits per heavy atom. The first kappa shape index (κ1) is 13.1. The van der Waals surface area contributed by atoms with Crippen LogP contribution in [0, 0.1) is 5.92 Å². The minimum Gasteiger partial charge on any atom is -0.409 e. The number of hydrogen-bond donors (Lipinski definition) is 3. The van der Waals surface area contributed by atoms with E-state index in [1.165, 1.54) is 6.33 Å². The van der Waals surface area contributed by atoms with Crippen molar-refractivity contribution in [3.63, 3.8) is 0 Å². The summed E-state index contributed by atoms with van der Waals surface area (Å²) in [5, 5.41) is 11.7. The molecule has 0 spiro atoms. The van der Waals surface area contributed by atoms with Crippen LogP contribution >= 0.6 is 0 Å². The van der Waals surface area contributed by atoms with Gasteiger partial charge in [0.05, 0.1) is 6.33 Å². The topological polar surface area (TPSA) is 116 Å². The molecule has 2 aromatic heterocycles. The zero-order valence-corrected chi connectivity index (χ0v) is 10.9. The molecular weight excluding hydrogens is 246 g/mol. The van der Waals surface area contributed by atoms with Crippen molar-refractivity contribution < 1.29 is 5.21 Å². The first-order chi connectivity index (χ1) is 9.17. The van der Waals surface area contributed by atoms with Gasteiger partial charge in [-0.15, -0.1) is 0 Å². The quantitative estimate of drug-likeness (QED) is 0.314. The van der Waals surface area contributed by atoms with Gasteiger partial charge in [-0.2, -0.15) is 0 Å². The van der Waals surface area contributed by atoms with Gasteiger partial charge >= 0.3 is 0 Å². The molecule has 0 aliphatic carbocycles. The molecule has 102 valence electrons. The van der Waals surface area contributed by atoms with E-state index in [4.69, 9.17) is 10.9 Å². The number of imidazole rings is 1. The fourth-order valence-electron chi connectivity index (χ4n) is 1.88. The second-order valence-electron chi connectivity index (χ2n) is 4.26. The van der Waals surface area contributed by atoms with Crippen LogP contribution in [0.3, 0.4) is 0 Å². The van der Waals surface area contributed by atoms with Gasteiger partial charge < -0.3 is 20.8 Å². The van der Waals surface area contributed by atoms with Gasteiger partial charge in [0.15, 0.2) is 11.5 Å². The maximum atomic E-state index is 8.70. The lowest BCUT2D eigenvalue weighted by Gasteiger charge is -2.25. The number of amidine groups is 1. The monoisotopic (exact) mass is 263 g/mol. The van der Waals surface area contributed by atoms with Crippen LogP contribution in [0.5, 0.6) is 0 Å². The summed E-state index contributed by atoms with van der Waals surface area (Å²) in [6, 6.07) is 0. The number of aromatic nitrogens is 4.